The number of nitrogens with two attached hydrogens (primary N) is 1. The highest BCUT2D eigenvalue weighted by molar-refractivity contribution is 5.94. The molecule has 2 fully saturated rings. The molecular formula is C38H48N4O5. The number of amides is 2. The van der Waals surface area contributed by atoms with E-state index in [0.717, 1.165) is 29.8 Å². The number of hydrogen-bond acceptors (Lipinski definition) is 7. The quantitative estimate of drug-likeness (QED) is 0.0811. The normalized spacial score (nSPS) is 19.8. The van der Waals surface area contributed by atoms with Crippen molar-refractivity contribution in [1.29, 1.82) is 0 Å². The number of nitrogens with one attached hydrogen (secondary N) is 2. The molecule has 250 valence electrons. The number of aliphatic hydroxyl groups is 1. The van der Waals surface area contributed by atoms with E-state index in [4.69, 9.17) is 15.2 Å². The minimum absolute atomic E-state index is 0.00424. The molecule has 0 spiro atoms. The Morgan fingerprint density at radius 2 is 1.64 bits per heavy atom. The number of unbranched alkanes of at least 4 members (excludes halogenated alkanes) is 1. The van der Waals surface area contributed by atoms with E-state index in [1.54, 1.807) is 12.1 Å². The second kappa shape index (κ2) is 17.2. The van der Waals surface area contributed by atoms with E-state index < -0.39 is 6.29 Å². The van der Waals surface area contributed by atoms with Gasteiger partial charge in [-0.3, -0.25) is 14.5 Å². The van der Waals surface area contributed by atoms with Gasteiger partial charge in [-0.15, -0.1) is 6.58 Å². The van der Waals surface area contributed by atoms with E-state index in [-0.39, 0.29) is 30.6 Å². The molecule has 2 aliphatic rings. The highest BCUT2D eigenvalue weighted by atomic mass is 16.7. The second-order valence-corrected chi connectivity index (χ2v) is 12.5. The van der Waals surface area contributed by atoms with Crippen LogP contribution in [-0.2, 0) is 25.7 Å². The lowest BCUT2D eigenvalue weighted by atomic mass is 9.99. The summed E-state index contributed by atoms with van der Waals surface area (Å²) in [5.41, 5.74) is 10.4. The molecule has 1 saturated heterocycles. The molecule has 9 nitrogen and oxygen atoms in total. The van der Waals surface area contributed by atoms with Crippen molar-refractivity contribution in [2.75, 3.05) is 29.5 Å². The molecule has 5 rings (SSSR count). The number of rotatable bonds is 15. The zero-order valence-electron chi connectivity index (χ0n) is 27.1. The molecule has 1 aliphatic carbocycles. The Morgan fingerprint density at radius 3 is 2.34 bits per heavy atom. The van der Waals surface area contributed by atoms with Gasteiger partial charge in [-0.1, -0.05) is 67.4 Å². The van der Waals surface area contributed by atoms with Crippen LogP contribution in [-0.4, -0.2) is 47.1 Å². The molecule has 1 heterocycles. The van der Waals surface area contributed by atoms with Crippen LogP contribution in [0.5, 0.6) is 0 Å². The number of benzene rings is 3. The molecular weight excluding hydrogens is 592 g/mol. The van der Waals surface area contributed by atoms with E-state index in [1.807, 2.05) is 66.7 Å². The molecule has 2 amide bonds. The fraction of sp³-hybridized carbons (Fsp3) is 0.421. The average Bonchev–Trinajstić information content (AvgIpc) is 3.63. The maximum atomic E-state index is 12.8. The molecule has 0 radical (unpaired) electrons. The zero-order valence-corrected chi connectivity index (χ0v) is 27.1. The molecule has 3 atom stereocenters. The number of hydrogen-bond donors (Lipinski definition) is 4. The molecule has 0 aromatic heterocycles. The maximum Gasteiger partial charge on any atom is 0.224 e. The lowest BCUT2D eigenvalue weighted by Gasteiger charge is -2.39. The first-order chi connectivity index (χ1) is 22.9. The van der Waals surface area contributed by atoms with E-state index in [1.165, 1.54) is 25.7 Å². The van der Waals surface area contributed by atoms with Crippen molar-refractivity contribution in [1.82, 2.24) is 4.90 Å². The Kier molecular flexibility index (Phi) is 12.6. The molecule has 9 heteroatoms. The van der Waals surface area contributed by atoms with Gasteiger partial charge in [-0.2, -0.15) is 0 Å². The van der Waals surface area contributed by atoms with E-state index in [2.05, 4.69) is 22.1 Å². The van der Waals surface area contributed by atoms with Crippen molar-refractivity contribution in [3.63, 3.8) is 0 Å². The first-order valence-electron chi connectivity index (χ1n) is 16.8. The lowest BCUT2D eigenvalue weighted by Crippen LogP contribution is -2.43. The van der Waals surface area contributed by atoms with Gasteiger partial charge in [0.2, 0.25) is 11.8 Å². The molecule has 3 aromatic carbocycles. The van der Waals surface area contributed by atoms with Crippen LogP contribution in [0.4, 0.5) is 17.1 Å². The van der Waals surface area contributed by atoms with Gasteiger partial charge in [0.05, 0.1) is 30.2 Å². The third-order valence-electron chi connectivity index (χ3n) is 8.99. The standard InChI is InChI=1S/C38H48N4O5/c1-2-22-42(31-12-3-4-13-31)25-32-24-35(28-20-18-27(26-43)19-21-28)47-38(46-32)29-10-9-11-30(23-29)40-36(44)16-7-8-17-37(45)41-34-15-6-5-14-33(34)39/h2,5-6,9-11,14-15,18-21,23,31-32,35,38,43H,1,3-4,7-8,12-13,16-17,22,24-26,39H2,(H,40,44)(H,41,45). The summed E-state index contributed by atoms with van der Waals surface area (Å²) in [6, 6.07) is 23.2. The number of carbonyl (C=O) groups excluding carboxylic acids is 2. The Bertz CT molecular complexity index is 1470. The van der Waals surface area contributed by atoms with E-state index in [0.29, 0.717) is 55.2 Å². The van der Waals surface area contributed by atoms with Crippen LogP contribution in [0.1, 0.15) is 86.9 Å². The topological polar surface area (TPSA) is 126 Å². The van der Waals surface area contributed by atoms with Crippen molar-refractivity contribution >= 4 is 28.9 Å². The first kappa shape index (κ1) is 34.3. The van der Waals surface area contributed by atoms with E-state index in [9.17, 15) is 14.7 Å². The summed E-state index contributed by atoms with van der Waals surface area (Å²) < 4.78 is 13.2. The summed E-state index contributed by atoms with van der Waals surface area (Å²) in [6.07, 6.45) is 8.51. The molecule has 1 saturated carbocycles. The summed E-state index contributed by atoms with van der Waals surface area (Å²) >= 11 is 0. The molecule has 3 unspecified atom stereocenters. The van der Waals surface area contributed by atoms with Gasteiger partial charge >= 0.3 is 0 Å². The number of carbonyl (C=O) groups is 2. The first-order valence-corrected chi connectivity index (χ1v) is 16.8. The smallest absolute Gasteiger partial charge is 0.224 e. The Morgan fingerprint density at radius 1 is 0.915 bits per heavy atom. The van der Waals surface area contributed by atoms with Gasteiger partial charge in [-0.25, -0.2) is 0 Å². The number of aliphatic hydroxyl groups excluding tert-OH is 1. The summed E-state index contributed by atoms with van der Waals surface area (Å²) in [6.45, 7) is 5.61. The van der Waals surface area contributed by atoms with Crippen LogP contribution in [0.3, 0.4) is 0 Å². The zero-order chi connectivity index (χ0) is 33.0. The summed E-state index contributed by atoms with van der Waals surface area (Å²) in [5, 5.41) is 15.4. The highest BCUT2D eigenvalue weighted by Gasteiger charge is 2.34. The Hall–Kier alpha value is -4.02. The van der Waals surface area contributed by atoms with Crippen LogP contribution in [0.25, 0.3) is 0 Å². The number of anilines is 3. The van der Waals surface area contributed by atoms with Gasteiger partial charge < -0.3 is 30.9 Å². The SMILES string of the molecule is C=CCN(CC1CC(c2ccc(CO)cc2)OC(c2cccc(NC(=O)CCCCC(=O)Nc3ccccc3N)c2)O1)C1CCCC1. The third-order valence-corrected chi connectivity index (χ3v) is 8.99. The van der Waals surface area contributed by atoms with Gasteiger partial charge in [0.15, 0.2) is 6.29 Å². The van der Waals surface area contributed by atoms with Crippen LogP contribution in [0.2, 0.25) is 0 Å². The van der Waals surface area contributed by atoms with Crippen molar-refractivity contribution < 1.29 is 24.2 Å². The van der Waals surface area contributed by atoms with Crippen molar-refractivity contribution in [2.45, 2.75) is 88.9 Å². The molecule has 1 aliphatic heterocycles. The van der Waals surface area contributed by atoms with Crippen molar-refractivity contribution in [3.05, 3.63) is 102 Å². The number of ether oxygens (including phenoxy) is 2. The largest absolute Gasteiger partial charge is 0.397 e. The number of nitrogens with zero attached hydrogens (tertiary/aromatic N) is 1. The van der Waals surface area contributed by atoms with Crippen molar-refractivity contribution in [2.24, 2.45) is 0 Å². The summed E-state index contributed by atoms with van der Waals surface area (Å²) in [7, 11) is 0. The predicted octanol–water partition coefficient (Wildman–Crippen LogP) is 6.87. The molecule has 0 bridgehead atoms. The van der Waals surface area contributed by atoms with Crippen LogP contribution >= 0.6 is 0 Å². The fourth-order valence-corrected chi connectivity index (χ4v) is 6.48. The Balaban J connectivity index is 1.19. The minimum atomic E-state index is -0.612. The monoisotopic (exact) mass is 640 g/mol. The molecule has 3 aromatic rings. The lowest BCUT2D eigenvalue weighted by molar-refractivity contribution is -0.253. The minimum Gasteiger partial charge on any atom is -0.397 e. The fourth-order valence-electron chi connectivity index (χ4n) is 6.48. The number of para-hydroxylation sites is 2. The van der Waals surface area contributed by atoms with Gasteiger partial charge in [0.1, 0.15) is 0 Å². The molecule has 47 heavy (non-hydrogen) atoms. The van der Waals surface area contributed by atoms with Gasteiger partial charge in [0.25, 0.3) is 0 Å². The third kappa shape index (κ3) is 9.98. The Labute approximate surface area is 278 Å². The van der Waals surface area contributed by atoms with Gasteiger partial charge in [-0.05, 0) is 61.1 Å². The van der Waals surface area contributed by atoms with Crippen LogP contribution in [0.15, 0.2) is 85.5 Å². The molecule has 5 N–H and O–H groups in total. The van der Waals surface area contributed by atoms with Crippen LogP contribution < -0.4 is 16.4 Å². The van der Waals surface area contributed by atoms with Crippen molar-refractivity contribution in [3.8, 4) is 0 Å². The average molecular weight is 641 g/mol. The second-order valence-electron chi connectivity index (χ2n) is 12.5. The maximum absolute atomic E-state index is 12.8. The number of nitrogen functional groups attached to an aromatic ring is 1. The summed E-state index contributed by atoms with van der Waals surface area (Å²) in [4.78, 5) is 27.6. The predicted molar refractivity (Wildman–Crippen MR) is 185 cm³/mol. The highest BCUT2D eigenvalue weighted by Crippen LogP contribution is 2.39. The van der Waals surface area contributed by atoms with Crippen LogP contribution in [0, 0.1) is 0 Å². The van der Waals surface area contributed by atoms with Gasteiger partial charge in [0, 0.05) is 49.6 Å². The summed E-state index contributed by atoms with van der Waals surface area (Å²) in [5.74, 6) is -0.239. The van der Waals surface area contributed by atoms with E-state index >= 15 is 0 Å².